The molecule has 2 aliphatic heterocycles. The highest BCUT2D eigenvalue weighted by atomic mass is 32.2. The van der Waals surface area contributed by atoms with Gasteiger partial charge in [-0.25, -0.2) is 8.57 Å². The van der Waals surface area contributed by atoms with E-state index in [1.165, 1.54) is 12.1 Å². The lowest BCUT2D eigenvalue weighted by atomic mass is 9.79. The average molecular weight is 536 g/mol. The lowest BCUT2D eigenvalue weighted by Gasteiger charge is -2.46. The number of nitrogens with zero attached hydrogens (tertiary/aromatic N) is 1. The summed E-state index contributed by atoms with van der Waals surface area (Å²) in [4.78, 5) is 2.37. The van der Waals surface area contributed by atoms with E-state index in [1.807, 2.05) is 19.1 Å². The highest BCUT2D eigenvalue weighted by molar-refractivity contribution is 7.86. The Bertz CT molecular complexity index is 1170. The van der Waals surface area contributed by atoms with Crippen LogP contribution in [-0.2, 0) is 20.7 Å². The van der Waals surface area contributed by atoms with Crippen LogP contribution < -0.4 is 9.47 Å². The highest BCUT2D eigenvalue weighted by Gasteiger charge is 2.38. The predicted molar refractivity (Wildman–Crippen MR) is 139 cm³/mol. The third kappa shape index (κ3) is 6.63. The number of aliphatic hydroxyl groups is 1. The molecule has 37 heavy (non-hydrogen) atoms. The van der Waals surface area contributed by atoms with Crippen LogP contribution in [0.15, 0.2) is 41.3 Å². The molecule has 1 N–H and O–H groups in total. The molecular weight excluding hydrogens is 497 g/mol. The van der Waals surface area contributed by atoms with E-state index in [4.69, 9.17) is 13.7 Å². The maximum Gasteiger partial charge on any atom is 0.299 e. The number of aliphatic hydroxyl groups excluding tert-OH is 1. The van der Waals surface area contributed by atoms with E-state index in [1.54, 1.807) is 19.2 Å². The molecule has 4 atom stereocenters. The van der Waals surface area contributed by atoms with E-state index >= 15 is 0 Å². The van der Waals surface area contributed by atoms with Crippen LogP contribution >= 0.6 is 0 Å². The Labute approximate surface area is 219 Å². The summed E-state index contributed by atoms with van der Waals surface area (Å²) in [6.45, 7) is 7.92. The number of piperidine rings is 1. The molecule has 0 aromatic heterocycles. The van der Waals surface area contributed by atoms with E-state index < -0.39 is 16.5 Å². The molecule has 2 heterocycles. The molecule has 1 fully saturated rings. The second kappa shape index (κ2) is 11.7. The molecule has 0 aliphatic carbocycles. The first-order valence-electron chi connectivity index (χ1n) is 13.0. The number of methoxy groups -OCH3 is 1. The van der Waals surface area contributed by atoms with Gasteiger partial charge in [-0.15, -0.1) is 0 Å². The molecule has 0 spiro atoms. The van der Waals surface area contributed by atoms with Crippen molar-refractivity contribution in [2.24, 2.45) is 11.8 Å². The summed E-state index contributed by atoms with van der Waals surface area (Å²) in [5.41, 5.74) is 3.15. The maximum absolute atomic E-state index is 14.4. The lowest BCUT2D eigenvalue weighted by molar-refractivity contribution is -0.0191. The van der Waals surface area contributed by atoms with Crippen molar-refractivity contribution in [2.75, 3.05) is 26.8 Å². The second-order valence-corrected chi connectivity index (χ2v) is 12.1. The molecule has 2 aromatic rings. The fraction of sp³-hybridized carbons (Fsp3) is 0.571. The highest BCUT2D eigenvalue weighted by Crippen LogP contribution is 2.43. The first-order chi connectivity index (χ1) is 17.6. The third-order valence-electron chi connectivity index (χ3n) is 7.29. The molecule has 0 saturated carbocycles. The van der Waals surface area contributed by atoms with Gasteiger partial charge in [-0.2, -0.15) is 8.42 Å². The number of halogens is 1. The Morgan fingerprint density at radius 3 is 2.57 bits per heavy atom. The van der Waals surface area contributed by atoms with Gasteiger partial charge < -0.3 is 14.6 Å². The molecular formula is C28H38FNO6S. The maximum atomic E-state index is 14.4. The van der Waals surface area contributed by atoms with Crippen LogP contribution in [0.2, 0.25) is 0 Å². The molecule has 204 valence electrons. The molecule has 1 saturated heterocycles. The monoisotopic (exact) mass is 535 g/mol. The van der Waals surface area contributed by atoms with Gasteiger partial charge in [0.2, 0.25) is 6.36 Å². The fourth-order valence-corrected chi connectivity index (χ4v) is 6.37. The molecule has 9 heteroatoms. The molecule has 4 rings (SSSR count). The van der Waals surface area contributed by atoms with Crippen LogP contribution in [-0.4, -0.2) is 57.7 Å². The number of ether oxygens (including phenoxy) is 2. The van der Waals surface area contributed by atoms with Crippen LogP contribution in [0.4, 0.5) is 4.39 Å². The van der Waals surface area contributed by atoms with Crippen molar-refractivity contribution < 1.29 is 31.6 Å². The van der Waals surface area contributed by atoms with Gasteiger partial charge in [0.15, 0.2) is 11.5 Å². The second-order valence-electron chi connectivity index (χ2n) is 10.6. The van der Waals surface area contributed by atoms with Crippen LogP contribution in [0.3, 0.4) is 0 Å². The van der Waals surface area contributed by atoms with Crippen molar-refractivity contribution in [1.29, 1.82) is 0 Å². The van der Waals surface area contributed by atoms with Crippen LogP contribution in [0, 0.1) is 18.8 Å². The number of fused-ring (bicyclic) bond motifs is 3. The standard InChI is InChI=1S/C28H38FNO6S/c1-18(2)13-21-17-30-11-9-20-14-27(26(34-4)15-23(20)24(30)16-25(21)31)35-12-10-28(29)36-37(32,33)22-7-5-19(3)6-8-22/h5-8,14-15,18,21,24-25,28,31H,9-13,16-17H2,1-4H3. The van der Waals surface area contributed by atoms with Gasteiger partial charge in [-0.3, -0.25) is 4.90 Å². The Hall–Kier alpha value is -2.20. The number of alkyl halides is 1. The number of hydrogen-bond acceptors (Lipinski definition) is 7. The number of hydrogen-bond donors (Lipinski definition) is 1. The Morgan fingerprint density at radius 1 is 1.16 bits per heavy atom. The molecule has 0 bridgehead atoms. The largest absolute Gasteiger partial charge is 0.493 e. The van der Waals surface area contributed by atoms with Gasteiger partial charge in [-0.1, -0.05) is 31.5 Å². The molecule has 0 amide bonds. The van der Waals surface area contributed by atoms with Crippen molar-refractivity contribution in [2.45, 2.75) is 69.9 Å². The van der Waals surface area contributed by atoms with Gasteiger partial charge >= 0.3 is 0 Å². The molecule has 2 aliphatic rings. The molecule has 2 aromatic carbocycles. The summed E-state index contributed by atoms with van der Waals surface area (Å²) in [6, 6.07) is 10.1. The summed E-state index contributed by atoms with van der Waals surface area (Å²) in [5.74, 6) is 1.85. The first kappa shape index (κ1) is 27.8. The summed E-state index contributed by atoms with van der Waals surface area (Å²) >= 11 is 0. The van der Waals surface area contributed by atoms with Gasteiger partial charge in [0, 0.05) is 25.6 Å². The Morgan fingerprint density at radius 2 is 1.89 bits per heavy atom. The molecule has 4 unspecified atom stereocenters. The Kier molecular flexibility index (Phi) is 8.78. The zero-order valence-corrected chi connectivity index (χ0v) is 22.8. The average Bonchev–Trinajstić information content (AvgIpc) is 2.83. The number of rotatable bonds is 10. The molecule has 7 nitrogen and oxygen atoms in total. The molecule has 0 radical (unpaired) electrons. The summed E-state index contributed by atoms with van der Waals surface area (Å²) in [5, 5.41) is 10.8. The predicted octanol–water partition coefficient (Wildman–Crippen LogP) is 4.80. The lowest BCUT2D eigenvalue weighted by Crippen LogP contribution is -2.48. The quantitative estimate of drug-likeness (QED) is 0.438. The van der Waals surface area contributed by atoms with Crippen molar-refractivity contribution in [3.8, 4) is 11.5 Å². The summed E-state index contributed by atoms with van der Waals surface area (Å²) < 4.78 is 55.1. The minimum Gasteiger partial charge on any atom is -0.493 e. The third-order valence-corrected chi connectivity index (χ3v) is 8.60. The normalized spacial score (nSPS) is 22.8. The Balaban J connectivity index is 1.38. The topological polar surface area (TPSA) is 85.3 Å². The van der Waals surface area contributed by atoms with E-state index in [9.17, 15) is 17.9 Å². The van der Waals surface area contributed by atoms with Crippen LogP contribution in [0.25, 0.3) is 0 Å². The zero-order valence-electron chi connectivity index (χ0n) is 22.0. The number of aryl methyl sites for hydroxylation is 1. The zero-order chi connectivity index (χ0) is 26.7. The fourth-order valence-electron chi connectivity index (χ4n) is 5.42. The van der Waals surface area contributed by atoms with Crippen molar-refractivity contribution in [3.63, 3.8) is 0 Å². The first-order valence-corrected chi connectivity index (χ1v) is 14.4. The van der Waals surface area contributed by atoms with Gasteiger partial charge in [-0.05, 0) is 73.4 Å². The van der Waals surface area contributed by atoms with E-state index in [2.05, 4.69) is 18.7 Å². The van der Waals surface area contributed by atoms with Gasteiger partial charge in [0.25, 0.3) is 10.1 Å². The van der Waals surface area contributed by atoms with Gasteiger partial charge in [0.1, 0.15) is 0 Å². The van der Waals surface area contributed by atoms with Crippen molar-refractivity contribution >= 4 is 10.1 Å². The van der Waals surface area contributed by atoms with Crippen LogP contribution in [0.5, 0.6) is 11.5 Å². The summed E-state index contributed by atoms with van der Waals surface area (Å²) in [6.07, 6.45) is -0.0886. The van der Waals surface area contributed by atoms with Crippen LogP contribution in [0.1, 0.15) is 55.8 Å². The van der Waals surface area contributed by atoms with E-state index in [0.29, 0.717) is 23.8 Å². The van der Waals surface area contributed by atoms with Gasteiger partial charge in [0.05, 0.1) is 24.7 Å². The van der Waals surface area contributed by atoms with Crippen molar-refractivity contribution in [1.82, 2.24) is 4.90 Å². The number of benzene rings is 2. The SMILES string of the molecule is COc1cc2c(cc1OCCC(F)OS(=O)(=O)c1ccc(C)cc1)CCN1CC(CC(C)C)C(O)CC21. The minimum absolute atomic E-state index is 0.0785. The van der Waals surface area contributed by atoms with Crippen molar-refractivity contribution in [3.05, 3.63) is 53.1 Å². The van der Waals surface area contributed by atoms with E-state index in [0.717, 1.165) is 42.6 Å². The smallest absolute Gasteiger partial charge is 0.299 e. The minimum atomic E-state index is -4.20. The van der Waals surface area contributed by atoms with E-state index in [-0.39, 0.29) is 36.0 Å². The summed E-state index contributed by atoms with van der Waals surface area (Å²) in [7, 11) is -2.65.